The molecule has 0 aliphatic carbocycles. The summed E-state index contributed by atoms with van der Waals surface area (Å²) in [6.07, 6.45) is 0.289. The van der Waals surface area contributed by atoms with Crippen molar-refractivity contribution in [3.8, 4) is 0 Å². The van der Waals surface area contributed by atoms with Crippen LogP contribution in [0.2, 0.25) is 0 Å². The summed E-state index contributed by atoms with van der Waals surface area (Å²) in [6.45, 7) is 6.87. The highest BCUT2D eigenvalue weighted by Crippen LogP contribution is 2.03. The highest BCUT2D eigenvalue weighted by molar-refractivity contribution is 5.72. The second-order valence-electron chi connectivity index (χ2n) is 3.40. The van der Waals surface area contributed by atoms with Gasteiger partial charge in [-0.2, -0.15) is 0 Å². The molecule has 4 heteroatoms. The second-order valence-corrected chi connectivity index (χ2v) is 3.40. The standard InChI is InChI=1S/C10H18O4/c1-5-6-9(11)13-8(4)14-10(12)7(2)3/h7-8H,5-6H2,1-4H3. The molecule has 0 radical (unpaired) electrons. The largest absolute Gasteiger partial charge is 0.425 e. The summed E-state index contributed by atoms with van der Waals surface area (Å²) < 4.78 is 9.68. The van der Waals surface area contributed by atoms with Crippen molar-refractivity contribution in [1.82, 2.24) is 0 Å². The van der Waals surface area contributed by atoms with E-state index in [1.807, 2.05) is 6.92 Å². The average molecular weight is 202 g/mol. The van der Waals surface area contributed by atoms with Gasteiger partial charge in [0.1, 0.15) is 0 Å². The Morgan fingerprint density at radius 2 is 1.71 bits per heavy atom. The maximum Gasteiger partial charge on any atom is 0.311 e. The highest BCUT2D eigenvalue weighted by Gasteiger charge is 2.15. The number of esters is 2. The van der Waals surface area contributed by atoms with E-state index in [1.165, 1.54) is 6.92 Å². The van der Waals surface area contributed by atoms with Gasteiger partial charge in [0.2, 0.25) is 6.29 Å². The molecule has 0 fully saturated rings. The van der Waals surface area contributed by atoms with Gasteiger partial charge >= 0.3 is 11.9 Å². The Morgan fingerprint density at radius 3 is 2.14 bits per heavy atom. The van der Waals surface area contributed by atoms with Crippen LogP contribution in [0, 0.1) is 5.92 Å². The van der Waals surface area contributed by atoms with E-state index in [1.54, 1.807) is 13.8 Å². The lowest BCUT2D eigenvalue weighted by atomic mass is 10.2. The normalized spacial score (nSPS) is 12.4. The van der Waals surface area contributed by atoms with E-state index in [2.05, 4.69) is 0 Å². The van der Waals surface area contributed by atoms with E-state index in [0.717, 1.165) is 6.42 Å². The fourth-order valence-corrected chi connectivity index (χ4v) is 0.772. The third kappa shape index (κ3) is 5.56. The van der Waals surface area contributed by atoms with Gasteiger partial charge in [-0.25, -0.2) is 0 Å². The van der Waals surface area contributed by atoms with Crippen molar-refractivity contribution in [2.45, 2.75) is 46.8 Å². The zero-order valence-corrected chi connectivity index (χ0v) is 9.20. The molecule has 0 aromatic heterocycles. The Hall–Kier alpha value is -1.06. The van der Waals surface area contributed by atoms with Crippen molar-refractivity contribution >= 4 is 11.9 Å². The molecule has 0 aliphatic rings. The van der Waals surface area contributed by atoms with E-state index in [4.69, 9.17) is 9.47 Å². The molecule has 0 saturated heterocycles. The molecule has 0 spiro atoms. The van der Waals surface area contributed by atoms with Crippen LogP contribution in [0.25, 0.3) is 0 Å². The summed E-state index contributed by atoms with van der Waals surface area (Å²) in [6, 6.07) is 0. The highest BCUT2D eigenvalue weighted by atomic mass is 16.7. The van der Waals surface area contributed by atoms with Crippen molar-refractivity contribution in [3.05, 3.63) is 0 Å². The van der Waals surface area contributed by atoms with Gasteiger partial charge in [-0.1, -0.05) is 20.8 Å². The van der Waals surface area contributed by atoms with Crippen molar-refractivity contribution in [3.63, 3.8) is 0 Å². The lowest BCUT2D eigenvalue weighted by Crippen LogP contribution is -2.24. The molecule has 0 heterocycles. The SMILES string of the molecule is CCCC(=O)OC(C)OC(=O)C(C)C. The van der Waals surface area contributed by atoms with E-state index in [9.17, 15) is 9.59 Å². The first kappa shape index (κ1) is 12.9. The van der Waals surface area contributed by atoms with Crippen molar-refractivity contribution in [2.24, 2.45) is 5.92 Å². The molecule has 4 nitrogen and oxygen atoms in total. The van der Waals surface area contributed by atoms with Gasteiger partial charge in [0.05, 0.1) is 5.92 Å². The van der Waals surface area contributed by atoms with Crippen LogP contribution in [0.3, 0.4) is 0 Å². The quantitative estimate of drug-likeness (QED) is 0.504. The van der Waals surface area contributed by atoms with Crippen LogP contribution in [-0.4, -0.2) is 18.2 Å². The molecular formula is C10H18O4. The molecule has 0 aromatic rings. The molecule has 0 saturated carbocycles. The van der Waals surface area contributed by atoms with E-state index in [-0.39, 0.29) is 17.9 Å². The molecule has 0 amide bonds. The monoisotopic (exact) mass is 202 g/mol. The van der Waals surface area contributed by atoms with E-state index >= 15 is 0 Å². The van der Waals surface area contributed by atoms with Crippen LogP contribution in [-0.2, 0) is 19.1 Å². The number of carbonyl (C=O) groups is 2. The molecule has 0 aliphatic heterocycles. The molecule has 82 valence electrons. The van der Waals surface area contributed by atoms with Crippen LogP contribution in [0.1, 0.15) is 40.5 Å². The number of hydrogen-bond donors (Lipinski definition) is 0. The first-order chi connectivity index (χ1) is 6.47. The Morgan fingerprint density at radius 1 is 1.14 bits per heavy atom. The molecular weight excluding hydrogens is 184 g/mol. The maximum absolute atomic E-state index is 11.1. The smallest absolute Gasteiger partial charge is 0.311 e. The zero-order valence-electron chi connectivity index (χ0n) is 9.20. The summed E-state index contributed by atoms with van der Waals surface area (Å²) in [7, 11) is 0. The predicted octanol–water partition coefficient (Wildman–Crippen LogP) is 1.87. The van der Waals surface area contributed by atoms with Crippen LogP contribution >= 0.6 is 0 Å². The third-order valence-corrected chi connectivity index (χ3v) is 1.51. The first-order valence-electron chi connectivity index (χ1n) is 4.87. The van der Waals surface area contributed by atoms with E-state index in [0.29, 0.717) is 6.42 Å². The fraction of sp³-hybridized carbons (Fsp3) is 0.800. The Kier molecular flexibility index (Phi) is 5.92. The van der Waals surface area contributed by atoms with Gasteiger partial charge < -0.3 is 9.47 Å². The summed E-state index contributed by atoms with van der Waals surface area (Å²) in [5, 5.41) is 0. The van der Waals surface area contributed by atoms with Crippen LogP contribution in [0.15, 0.2) is 0 Å². The average Bonchev–Trinajstić information content (AvgIpc) is 2.03. The number of carbonyl (C=O) groups excluding carboxylic acids is 2. The van der Waals surface area contributed by atoms with Gasteiger partial charge in [0.15, 0.2) is 0 Å². The van der Waals surface area contributed by atoms with Crippen LogP contribution in [0.4, 0.5) is 0 Å². The maximum atomic E-state index is 11.1. The third-order valence-electron chi connectivity index (χ3n) is 1.51. The van der Waals surface area contributed by atoms with Crippen molar-refractivity contribution in [2.75, 3.05) is 0 Å². The molecule has 0 aromatic carbocycles. The van der Waals surface area contributed by atoms with Crippen molar-refractivity contribution < 1.29 is 19.1 Å². The molecule has 0 rings (SSSR count). The minimum atomic E-state index is -0.788. The summed E-state index contributed by atoms with van der Waals surface area (Å²) in [5.74, 6) is -0.902. The van der Waals surface area contributed by atoms with E-state index < -0.39 is 6.29 Å². The first-order valence-corrected chi connectivity index (χ1v) is 4.87. The fourth-order valence-electron chi connectivity index (χ4n) is 0.772. The Labute approximate surface area is 84.6 Å². The molecule has 1 unspecified atom stereocenters. The molecule has 14 heavy (non-hydrogen) atoms. The molecule has 0 bridgehead atoms. The lowest BCUT2D eigenvalue weighted by Gasteiger charge is -2.15. The van der Waals surface area contributed by atoms with Gasteiger partial charge in [-0.05, 0) is 6.42 Å². The van der Waals surface area contributed by atoms with Gasteiger partial charge in [0, 0.05) is 13.3 Å². The minimum Gasteiger partial charge on any atom is -0.425 e. The van der Waals surface area contributed by atoms with Gasteiger partial charge in [0.25, 0.3) is 0 Å². The Balaban J connectivity index is 3.80. The van der Waals surface area contributed by atoms with Gasteiger partial charge in [-0.3, -0.25) is 9.59 Å². The molecule has 0 N–H and O–H groups in total. The predicted molar refractivity (Wildman–Crippen MR) is 51.4 cm³/mol. The van der Waals surface area contributed by atoms with Crippen molar-refractivity contribution in [1.29, 1.82) is 0 Å². The molecule has 1 atom stereocenters. The minimum absolute atomic E-state index is 0.206. The summed E-state index contributed by atoms with van der Waals surface area (Å²) in [4.78, 5) is 22.1. The summed E-state index contributed by atoms with van der Waals surface area (Å²) >= 11 is 0. The lowest BCUT2D eigenvalue weighted by molar-refractivity contribution is -0.186. The van der Waals surface area contributed by atoms with Crippen LogP contribution < -0.4 is 0 Å². The number of hydrogen-bond acceptors (Lipinski definition) is 4. The topological polar surface area (TPSA) is 52.6 Å². The second kappa shape index (κ2) is 6.40. The van der Waals surface area contributed by atoms with Crippen LogP contribution in [0.5, 0.6) is 0 Å². The summed E-state index contributed by atoms with van der Waals surface area (Å²) in [5.41, 5.74) is 0. The Bertz CT molecular complexity index is 198. The number of rotatable bonds is 5. The number of ether oxygens (including phenoxy) is 2. The van der Waals surface area contributed by atoms with Gasteiger partial charge in [-0.15, -0.1) is 0 Å². The zero-order chi connectivity index (χ0) is 11.1.